The fourth-order valence-electron chi connectivity index (χ4n) is 2.48. The van der Waals surface area contributed by atoms with Crippen LogP contribution in [0.2, 0.25) is 0 Å². The van der Waals surface area contributed by atoms with Crippen LogP contribution in [0.1, 0.15) is 29.9 Å². The molecule has 1 heteroatoms. The lowest BCUT2D eigenvalue weighted by molar-refractivity contribution is 0.556. The van der Waals surface area contributed by atoms with E-state index < -0.39 is 0 Å². The van der Waals surface area contributed by atoms with Gasteiger partial charge in [-0.25, -0.2) is 0 Å². The van der Waals surface area contributed by atoms with Crippen molar-refractivity contribution in [1.29, 1.82) is 0 Å². The van der Waals surface area contributed by atoms with Gasteiger partial charge in [-0.15, -0.1) is 6.58 Å². The molecule has 0 spiro atoms. The number of benzene rings is 2. The molecule has 2 aromatic rings. The van der Waals surface area contributed by atoms with Crippen LogP contribution in [0.25, 0.3) is 0 Å². The van der Waals surface area contributed by atoms with Crippen LogP contribution in [-0.2, 0) is 0 Å². The maximum atomic E-state index is 6.42. The fraction of sp³-hybridized carbons (Fsp3) is 0.222. The van der Waals surface area contributed by atoms with Crippen molar-refractivity contribution >= 4 is 0 Å². The van der Waals surface area contributed by atoms with Crippen molar-refractivity contribution in [3.8, 4) is 0 Å². The van der Waals surface area contributed by atoms with E-state index in [9.17, 15) is 0 Å². The molecule has 2 N–H and O–H groups in total. The van der Waals surface area contributed by atoms with Gasteiger partial charge < -0.3 is 5.73 Å². The Kier molecular flexibility index (Phi) is 4.93. The van der Waals surface area contributed by atoms with Gasteiger partial charge in [0.05, 0.1) is 0 Å². The first kappa shape index (κ1) is 13.6. The molecular weight excluding hydrogens is 230 g/mol. The van der Waals surface area contributed by atoms with E-state index in [4.69, 9.17) is 5.73 Å². The monoisotopic (exact) mass is 251 g/mol. The molecule has 0 heterocycles. The van der Waals surface area contributed by atoms with E-state index in [1.807, 2.05) is 18.2 Å². The highest BCUT2D eigenvalue weighted by Gasteiger charge is 2.20. The lowest BCUT2D eigenvalue weighted by atomic mass is 9.83. The average Bonchev–Trinajstić information content (AvgIpc) is 2.47. The average molecular weight is 251 g/mol. The summed E-state index contributed by atoms with van der Waals surface area (Å²) in [5, 5.41) is 0. The second kappa shape index (κ2) is 6.91. The number of hydrogen-bond acceptors (Lipinski definition) is 1. The summed E-state index contributed by atoms with van der Waals surface area (Å²) in [5.41, 5.74) is 8.99. The topological polar surface area (TPSA) is 26.0 Å². The smallest absolute Gasteiger partial charge is 0.0241 e. The van der Waals surface area contributed by atoms with E-state index in [1.54, 1.807) is 0 Å². The Hall–Kier alpha value is -1.86. The minimum atomic E-state index is 0.114. The lowest BCUT2D eigenvalue weighted by Gasteiger charge is -2.24. The van der Waals surface area contributed by atoms with Gasteiger partial charge in [-0.2, -0.15) is 0 Å². The van der Waals surface area contributed by atoms with Crippen molar-refractivity contribution in [3.63, 3.8) is 0 Å². The van der Waals surface area contributed by atoms with E-state index in [0.717, 1.165) is 12.8 Å². The highest BCUT2D eigenvalue weighted by atomic mass is 14.6. The van der Waals surface area contributed by atoms with Crippen LogP contribution >= 0.6 is 0 Å². The van der Waals surface area contributed by atoms with Gasteiger partial charge in [-0.1, -0.05) is 66.7 Å². The molecule has 19 heavy (non-hydrogen) atoms. The number of hydrogen-bond donors (Lipinski definition) is 1. The molecule has 2 rings (SSSR count). The summed E-state index contributed by atoms with van der Waals surface area (Å²) in [7, 11) is 0. The molecular formula is C18H21N. The molecule has 1 unspecified atom stereocenters. The molecule has 1 atom stereocenters. The highest BCUT2D eigenvalue weighted by molar-refractivity contribution is 5.34. The van der Waals surface area contributed by atoms with E-state index >= 15 is 0 Å². The third-order valence-corrected chi connectivity index (χ3v) is 3.45. The molecule has 1 nitrogen and oxygen atoms in total. The Morgan fingerprint density at radius 2 is 1.37 bits per heavy atom. The highest BCUT2D eigenvalue weighted by Crippen LogP contribution is 2.28. The summed E-state index contributed by atoms with van der Waals surface area (Å²) in [6.07, 6.45) is 3.85. The molecule has 0 aliphatic carbocycles. The molecule has 0 aromatic heterocycles. The predicted octanol–water partition coefficient (Wildman–Crippen LogP) is 4.11. The Morgan fingerprint density at radius 1 is 0.895 bits per heavy atom. The van der Waals surface area contributed by atoms with Gasteiger partial charge in [0.1, 0.15) is 0 Å². The van der Waals surface area contributed by atoms with Crippen LogP contribution in [0.5, 0.6) is 0 Å². The van der Waals surface area contributed by atoms with Crippen LogP contribution < -0.4 is 5.73 Å². The normalized spacial score (nSPS) is 12.3. The Labute approximate surface area is 115 Å². The third-order valence-electron chi connectivity index (χ3n) is 3.45. The summed E-state index contributed by atoms with van der Waals surface area (Å²) in [6.45, 7) is 3.78. The second-order valence-corrected chi connectivity index (χ2v) is 4.83. The van der Waals surface area contributed by atoms with Crippen molar-refractivity contribution in [2.45, 2.75) is 24.8 Å². The zero-order valence-corrected chi connectivity index (χ0v) is 11.2. The van der Waals surface area contributed by atoms with Gasteiger partial charge in [0, 0.05) is 12.0 Å². The molecule has 2 aromatic carbocycles. The van der Waals surface area contributed by atoms with Gasteiger partial charge in [0.15, 0.2) is 0 Å². The molecule has 98 valence electrons. The maximum absolute atomic E-state index is 6.42. The van der Waals surface area contributed by atoms with Crippen molar-refractivity contribution in [2.24, 2.45) is 5.73 Å². The molecule has 0 fully saturated rings. The first-order valence-electron chi connectivity index (χ1n) is 6.79. The van der Waals surface area contributed by atoms with Crippen LogP contribution in [0, 0.1) is 0 Å². The summed E-state index contributed by atoms with van der Waals surface area (Å²) in [4.78, 5) is 0. The molecule has 0 saturated carbocycles. The maximum Gasteiger partial charge on any atom is 0.0241 e. The summed E-state index contributed by atoms with van der Waals surface area (Å²) in [5.74, 6) is 0.252. The van der Waals surface area contributed by atoms with E-state index in [0.29, 0.717) is 0 Å². The van der Waals surface area contributed by atoms with Gasteiger partial charge in [0.2, 0.25) is 0 Å². The first-order chi connectivity index (χ1) is 9.33. The Balaban J connectivity index is 2.31. The van der Waals surface area contributed by atoms with E-state index in [1.165, 1.54) is 11.1 Å². The van der Waals surface area contributed by atoms with E-state index in [-0.39, 0.29) is 12.0 Å². The second-order valence-electron chi connectivity index (χ2n) is 4.83. The number of allylic oxidation sites excluding steroid dienone is 1. The fourth-order valence-corrected chi connectivity index (χ4v) is 2.48. The zero-order chi connectivity index (χ0) is 13.5. The Bertz CT molecular complexity index is 450. The summed E-state index contributed by atoms with van der Waals surface area (Å²) >= 11 is 0. The standard InChI is InChI=1S/C18H21N/c1-2-3-14-17(19)18(15-10-6-4-7-11-15)16-12-8-5-9-13-16/h2,4-13,17-18H,1,3,14,19H2. The zero-order valence-electron chi connectivity index (χ0n) is 11.2. The summed E-state index contributed by atoms with van der Waals surface area (Å²) in [6, 6.07) is 21.1. The van der Waals surface area contributed by atoms with Crippen molar-refractivity contribution in [2.75, 3.05) is 0 Å². The molecule has 0 radical (unpaired) electrons. The molecule has 0 aliphatic heterocycles. The SMILES string of the molecule is C=CCCC(N)C(c1ccccc1)c1ccccc1. The predicted molar refractivity (Wildman–Crippen MR) is 82.1 cm³/mol. The van der Waals surface area contributed by atoms with Crippen LogP contribution in [0.3, 0.4) is 0 Å². The number of rotatable bonds is 6. The lowest BCUT2D eigenvalue weighted by Crippen LogP contribution is -2.29. The van der Waals surface area contributed by atoms with Gasteiger partial charge in [-0.05, 0) is 24.0 Å². The number of nitrogens with two attached hydrogens (primary N) is 1. The van der Waals surface area contributed by atoms with Crippen molar-refractivity contribution < 1.29 is 0 Å². The van der Waals surface area contributed by atoms with Crippen LogP contribution in [-0.4, -0.2) is 6.04 Å². The van der Waals surface area contributed by atoms with Crippen LogP contribution in [0.15, 0.2) is 73.3 Å². The minimum Gasteiger partial charge on any atom is -0.327 e. The van der Waals surface area contributed by atoms with Crippen molar-refractivity contribution in [1.82, 2.24) is 0 Å². The molecule has 0 saturated heterocycles. The first-order valence-corrected chi connectivity index (χ1v) is 6.79. The largest absolute Gasteiger partial charge is 0.327 e. The van der Waals surface area contributed by atoms with E-state index in [2.05, 4.69) is 55.1 Å². The summed E-state index contributed by atoms with van der Waals surface area (Å²) < 4.78 is 0. The van der Waals surface area contributed by atoms with Gasteiger partial charge in [0.25, 0.3) is 0 Å². The molecule has 0 bridgehead atoms. The quantitative estimate of drug-likeness (QED) is 0.768. The molecule has 0 aliphatic rings. The van der Waals surface area contributed by atoms with Crippen LogP contribution in [0.4, 0.5) is 0 Å². The van der Waals surface area contributed by atoms with Crippen molar-refractivity contribution in [3.05, 3.63) is 84.4 Å². The minimum absolute atomic E-state index is 0.114. The third kappa shape index (κ3) is 3.55. The Morgan fingerprint density at radius 3 is 1.79 bits per heavy atom. The molecule has 0 amide bonds. The van der Waals surface area contributed by atoms with Gasteiger partial charge in [-0.3, -0.25) is 0 Å². The van der Waals surface area contributed by atoms with Gasteiger partial charge >= 0.3 is 0 Å².